The van der Waals surface area contributed by atoms with Crippen LogP contribution >= 0.6 is 0 Å². The molecule has 0 aromatic carbocycles. The van der Waals surface area contributed by atoms with Gasteiger partial charge in [0.25, 0.3) is 0 Å². The number of carboxylic acid groups (broad SMARTS) is 1. The molecule has 78 valence electrons. The SMILES string of the molecule is CCC.O=[C-]NCCC(=O)O.[Fm]. The summed E-state index contributed by atoms with van der Waals surface area (Å²) in [6, 6.07) is 0. The van der Waals surface area contributed by atoms with Gasteiger partial charge in [-0.15, -0.1) is 0 Å². The van der Waals surface area contributed by atoms with Gasteiger partial charge in [-0.2, -0.15) is 6.41 Å². The van der Waals surface area contributed by atoms with Crippen molar-refractivity contribution in [3.8, 4) is 0 Å². The minimum atomic E-state index is -0.923. The Balaban J connectivity index is -0.000000177. The van der Waals surface area contributed by atoms with Crippen molar-refractivity contribution in [2.24, 2.45) is 0 Å². The van der Waals surface area contributed by atoms with Crippen molar-refractivity contribution in [2.45, 2.75) is 26.7 Å². The van der Waals surface area contributed by atoms with Crippen LogP contribution in [0.5, 0.6) is 0 Å². The molecule has 0 saturated carbocycles. The summed E-state index contributed by atoms with van der Waals surface area (Å²) in [5, 5.41) is 10.1. The monoisotopic (exact) mass is 417 g/mol. The quantitative estimate of drug-likeness (QED) is 0.399. The first-order valence-electron chi connectivity index (χ1n) is 3.50. The summed E-state index contributed by atoms with van der Waals surface area (Å²) in [6.45, 7) is 4.40. The molecule has 0 aliphatic rings. The fraction of sp³-hybridized carbons (Fsp3) is 0.714. The molecule has 12 heavy (non-hydrogen) atoms. The molecule has 0 heterocycles. The van der Waals surface area contributed by atoms with Gasteiger partial charge in [-0.1, -0.05) is 20.3 Å². The van der Waals surface area contributed by atoms with Gasteiger partial charge in [-0.05, 0) is 6.54 Å². The Bertz CT molecular complexity index is 109. The molecule has 0 saturated heterocycles. The van der Waals surface area contributed by atoms with Crippen LogP contribution in [0.25, 0.3) is 0 Å². The van der Waals surface area contributed by atoms with Gasteiger partial charge < -0.3 is 15.2 Å². The maximum absolute atomic E-state index is 9.70. The Morgan fingerprint density at radius 3 is 2.17 bits per heavy atom. The van der Waals surface area contributed by atoms with E-state index in [0.29, 0.717) is 0 Å². The number of carbonyl (C=O) groups is 1. The first-order valence-corrected chi connectivity index (χ1v) is 3.50. The van der Waals surface area contributed by atoms with Gasteiger partial charge in [0.05, 0.1) is 6.42 Å². The topological polar surface area (TPSA) is 66.4 Å². The van der Waals surface area contributed by atoms with Crippen LogP contribution in [0.15, 0.2) is 0 Å². The Morgan fingerprint density at radius 1 is 1.50 bits per heavy atom. The molecule has 0 aliphatic carbocycles. The fourth-order valence-corrected chi connectivity index (χ4v) is 0.220. The van der Waals surface area contributed by atoms with E-state index in [1.54, 1.807) is 0 Å². The predicted octanol–water partition coefficient (Wildman–Crippen LogP) is 0.534. The largest absolute Gasteiger partial charge is 0.529 e. The molecule has 0 atom stereocenters. The summed E-state index contributed by atoms with van der Waals surface area (Å²) < 4.78 is 0. The zero-order chi connectivity index (χ0) is 9.11. The van der Waals surface area contributed by atoms with Gasteiger partial charge in [-0.25, -0.2) is 0 Å². The standard InChI is InChI=1S/C4H6NO3.C3H8.Fm/c6-3-5-2-1-4(7)8;1-3-2;/h1-2H2,(H,5,6)(H,7,8);3H2,1-2H3;/q-1;;. The second-order valence-electron chi connectivity index (χ2n) is 1.88. The zero-order valence-electron chi connectivity index (χ0n) is 7.17. The smallest absolute Gasteiger partial charge is 0.305 e. The number of carbonyl (C=O) groups excluding carboxylic acids is 1. The molecule has 2 N–H and O–H groups in total. The average molecular weight is 417 g/mol. The minimum Gasteiger partial charge on any atom is -0.529 e. The van der Waals surface area contributed by atoms with Crippen LogP contribution in [0.1, 0.15) is 26.7 Å². The van der Waals surface area contributed by atoms with Crippen molar-refractivity contribution in [1.82, 2.24) is 5.32 Å². The van der Waals surface area contributed by atoms with E-state index in [1.807, 2.05) is 0 Å². The van der Waals surface area contributed by atoms with Crippen LogP contribution in [-0.4, -0.2) is 24.0 Å². The normalized spacial score (nSPS) is 6.83. The number of hydrogen-bond acceptors (Lipinski definition) is 2. The van der Waals surface area contributed by atoms with Gasteiger partial charge >= 0.3 is 5.97 Å². The number of amides is 1. The van der Waals surface area contributed by atoms with Crippen LogP contribution in [0.3, 0.4) is 0 Å². The molecule has 0 aromatic rings. The predicted molar refractivity (Wildman–Crippen MR) is 41.9 cm³/mol. The molecule has 0 spiro atoms. The summed E-state index contributed by atoms with van der Waals surface area (Å²) in [7, 11) is 0. The van der Waals surface area contributed by atoms with E-state index in [2.05, 4.69) is 19.2 Å². The maximum atomic E-state index is 9.70. The third-order valence-corrected chi connectivity index (χ3v) is 0.536. The van der Waals surface area contributed by atoms with Gasteiger partial charge in [0.15, 0.2) is 0 Å². The average Bonchev–Trinajstić information content (AvgIpc) is 1.89. The van der Waals surface area contributed by atoms with Crippen LogP contribution in [0.2, 0.25) is 0 Å². The maximum Gasteiger partial charge on any atom is 0.305 e. The van der Waals surface area contributed by atoms with Gasteiger partial charge in [-0.3, -0.25) is 4.79 Å². The Morgan fingerprint density at radius 2 is 1.92 bits per heavy atom. The first-order chi connectivity index (χ1) is 5.18. The van der Waals surface area contributed by atoms with Crippen LogP contribution in [0.4, 0.5) is 0 Å². The molecule has 0 aromatic heterocycles. The van der Waals surface area contributed by atoms with E-state index >= 15 is 0 Å². The Hall–Kier alpha value is -2.06. The Labute approximate surface area is 66.6 Å². The molecular formula is C7H14FmNO3-. The van der Waals surface area contributed by atoms with Crippen molar-refractivity contribution in [2.75, 3.05) is 6.54 Å². The van der Waals surface area contributed by atoms with E-state index in [9.17, 15) is 9.59 Å². The molecule has 5 heteroatoms. The third-order valence-electron chi connectivity index (χ3n) is 0.536. The molecule has 0 radical (unpaired) electrons. The first kappa shape index (κ1) is 16.5. The minimum absolute atomic E-state index is 0. The molecule has 0 fully saturated rings. The molecule has 4 nitrogen and oxygen atoms in total. The third kappa shape index (κ3) is 44.2. The van der Waals surface area contributed by atoms with E-state index in [1.165, 1.54) is 12.8 Å². The number of hydrogen-bond donors (Lipinski definition) is 2. The van der Waals surface area contributed by atoms with E-state index < -0.39 is 5.97 Å². The van der Waals surface area contributed by atoms with Crippen molar-refractivity contribution < 1.29 is 14.7 Å². The molecule has 0 rings (SSSR count). The van der Waals surface area contributed by atoms with Crippen LogP contribution < -0.4 is 5.32 Å². The second-order valence-corrected chi connectivity index (χ2v) is 1.88. The van der Waals surface area contributed by atoms with Crippen molar-refractivity contribution in [3.63, 3.8) is 0 Å². The summed E-state index contributed by atoms with van der Waals surface area (Å²) in [4.78, 5) is 19.1. The summed E-state index contributed by atoms with van der Waals surface area (Å²) in [6.07, 6.45) is 2.56. The number of carboxylic acids is 1. The van der Waals surface area contributed by atoms with Gasteiger partial charge in [0.2, 0.25) is 0 Å². The molecule has 0 bridgehead atoms. The van der Waals surface area contributed by atoms with E-state index in [-0.39, 0.29) is 13.0 Å². The van der Waals surface area contributed by atoms with Crippen molar-refractivity contribution in [3.05, 3.63) is 0 Å². The second kappa shape index (κ2) is 16.0. The van der Waals surface area contributed by atoms with Crippen LogP contribution in [-0.2, 0) is 9.59 Å². The van der Waals surface area contributed by atoms with Crippen molar-refractivity contribution >= 4 is 12.4 Å². The van der Waals surface area contributed by atoms with Crippen molar-refractivity contribution in [1.29, 1.82) is 0 Å². The summed E-state index contributed by atoms with van der Waals surface area (Å²) in [5.41, 5.74) is 0. The molecule has 0 unspecified atom stereocenters. The van der Waals surface area contributed by atoms with Gasteiger partial charge in [0, 0.05) is 0 Å². The number of rotatable bonds is 4. The summed E-state index contributed by atoms with van der Waals surface area (Å²) in [5.74, 6) is -0.923. The molecular weight excluding hydrogens is 403 g/mol. The number of aliphatic carboxylic acids is 1. The van der Waals surface area contributed by atoms with Gasteiger partial charge in [0.1, 0.15) is 0 Å². The fourth-order valence-electron chi connectivity index (χ4n) is 0.220. The van der Waals surface area contributed by atoms with E-state index in [4.69, 9.17) is 5.11 Å². The molecule has 0 aliphatic heterocycles. The summed E-state index contributed by atoms with van der Waals surface area (Å²) >= 11 is 0. The van der Waals surface area contributed by atoms with Crippen LogP contribution in [0, 0.1) is 0 Å². The molecule has 1 amide bonds. The Kier molecular flexibility index (Phi) is 22.0. The van der Waals surface area contributed by atoms with E-state index in [0.717, 1.165) is 0 Å². The zero-order valence-corrected chi connectivity index (χ0v) is 9.58. The number of nitrogens with one attached hydrogen (secondary N) is 1.